The molecule has 0 atom stereocenters. The molecule has 0 saturated heterocycles. The summed E-state index contributed by atoms with van der Waals surface area (Å²) in [5.74, 6) is 0.440. The molecule has 30 heavy (non-hydrogen) atoms. The molecule has 0 spiro atoms. The second-order valence-corrected chi connectivity index (χ2v) is 6.86. The van der Waals surface area contributed by atoms with E-state index >= 15 is 0 Å². The maximum Gasteiger partial charge on any atom is 0.407 e. The van der Waals surface area contributed by atoms with Crippen LogP contribution in [0.5, 0.6) is 0 Å². The number of ether oxygens (including phenoxy) is 1. The molecular formula is C22H25N5O3. The summed E-state index contributed by atoms with van der Waals surface area (Å²) in [5, 5.41) is 9.93. The Morgan fingerprint density at radius 1 is 1.03 bits per heavy atom. The summed E-state index contributed by atoms with van der Waals surface area (Å²) in [6, 6.07) is 9.52. The van der Waals surface area contributed by atoms with Crippen LogP contribution in [0.3, 0.4) is 0 Å². The quantitative estimate of drug-likeness (QED) is 0.595. The molecule has 3 amide bonds. The summed E-state index contributed by atoms with van der Waals surface area (Å²) < 4.78 is 4.66. The van der Waals surface area contributed by atoms with Crippen molar-refractivity contribution >= 4 is 28.7 Å². The first-order chi connectivity index (χ1) is 14.4. The molecule has 0 aliphatic rings. The van der Waals surface area contributed by atoms with Crippen molar-refractivity contribution in [1.82, 2.24) is 20.6 Å². The van der Waals surface area contributed by atoms with Crippen molar-refractivity contribution in [2.45, 2.75) is 27.3 Å². The van der Waals surface area contributed by atoms with Gasteiger partial charge in [0.15, 0.2) is 0 Å². The van der Waals surface area contributed by atoms with Crippen LogP contribution in [0.25, 0.3) is 21.9 Å². The fourth-order valence-electron chi connectivity index (χ4n) is 3.32. The van der Waals surface area contributed by atoms with Gasteiger partial charge in [0.05, 0.1) is 7.11 Å². The standard InChI is InChI=1S/C22H25N5O3/c1-5-23-21(28)27-20-10-18-17(16-8-13(2)26-14(3)9-16)7-6-15(19(18)12-24-20)11-25-22(29)30-4/h6-10,12H,5,11H2,1-4H3,(H,25,29)(H2,23,24,27,28). The summed E-state index contributed by atoms with van der Waals surface area (Å²) in [5.41, 5.74) is 4.74. The number of aromatic nitrogens is 2. The van der Waals surface area contributed by atoms with Gasteiger partial charge in [-0.05, 0) is 61.0 Å². The van der Waals surface area contributed by atoms with Gasteiger partial charge in [0.1, 0.15) is 5.82 Å². The number of pyridine rings is 2. The first-order valence-corrected chi connectivity index (χ1v) is 9.65. The number of carbonyl (C=O) groups is 2. The second-order valence-electron chi connectivity index (χ2n) is 6.86. The lowest BCUT2D eigenvalue weighted by Gasteiger charge is -2.14. The van der Waals surface area contributed by atoms with Crippen molar-refractivity contribution in [2.75, 3.05) is 19.0 Å². The molecule has 8 nitrogen and oxygen atoms in total. The van der Waals surface area contributed by atoms with Gasteiger partial charge < -0.3 is 15.4 Å². The lowest BCUT2D eigenvalue weighted by Crippen LogP contribution is -2.28. The third-order valence-electron chi connectivity index (χ3n) is 4.57. The van der Waals surface area contributed by atoms with Gasteiger partial charge in [-0.1, -0.05) is 12.1 Å². The van der Waals surface area contributed by atoms with Gasteiger partial charge >= 0.3 is 12.1 Å². The second kappa shape index (κ2) is 9.21. The van der Waals surface area contributed by atoms with Crippen LogP contribution in [-0.4, -0.2) is 35.7 Å². The van der Waals surface area contributed by atoms with Crippen molar-refractivity contribution < 1.29 is 14.3 Å². The van der Waals surface area contributed by atoms with E-state index in [4.69, 9.17) is 0 Å². The molecule has 2 aromatic heterocycles. The van der Waals surface area contributed by atoms with Crippen LogP contribution in [0.15, 0.2) is 36.5 Å². The van der Waals surface area contributed by atoms with E-state index in [1.54, 1.807) is 6.20 Å². The Bertz CT molecular complexity index is 1080. The number of urea groups is 1. The Kier molecular flexibility index (Phi) is 6.46. The number of rotatable bonds is 5. The molecule has 0 unspecified atom stereocenters. The molecular weight excluding hydrogens is 382 g/mol. The van der Waals surface area contributed by atoms with E-state index in [1.807, 2.05) is 51.1 Å². The number of nitrogens with one attached hydrogen (secondary N) is 3. The Morgan fingerprint density at radius 3 is 2.43 bits per heavy atom. The van der Waals surface area contributed by atoms with E-state index in [-0.39, 0.29) is 6.03 Å². The highest BCUT2D eigenvalue weighted by atomic mass is 16.5. The molecule has 0 aliphatic carbocycles. The average Bonchev–Trinajstić information content (AvgIpc) is 2.70. The molecule has 0 bridgehead atoms. The highest BCUT2D eigenvalue weighted by molar-refractivity contribution is 6.01. The van der Waals surface area contributed by atoms with Crippen LogP contribution in [0.4, 0.5) is 15.4 Å². The number of methoxy groups -OCH3 is 1. The third kappa shape index (κ3) is 4.83. The number of anilines is 1. The van der Waals surface area contributed by atoms with E-state index < -0.39 is 6.09 Å². The zero-order valence-corrected chi connectivity index (χ0v) is 17.5. The minimum Gasteiger partial charge on any atom is -0.453 e. The maximum absolute atomic E-state index is 11.9. The summed E-state index contributed by atoms with van der Waals surface area (Å²) in [6.45, 7) is 6.57. The number of hydrogen-bond donors (Lipinski definition) is 3. The van der Waals surface area contributed by atoms with Gasteiger partial charge in [-0.2, -0.15) is 0 Å². The normalized spacial score (nSPS) is 10.5. The average molecular weight is 407 g/mol. The van der Waals surface area contributed by atoms with Crippen LogP contribution < -0.4 is 16.0 Å². The molecule has 2 heterocycles. The predicted molar refractivity (Wildman–Crippen MR) is 116 cm³/mol. The van der Waals surface area contributed by atoms with Crippen molar-refractivity contribution in [1.29, 1.82) is 0 Å². The molecule has 3 aromatic rings. The zero-order valence-electron chi connectivity index (χ0n) is 17.5. The molecule has 156 valence electrons. The zero-order chi connectivity index (χ0) is 21.7. The number of alkyl carbamates (subject to hydrolysis) is 1. The number of aryl methyl sites for hydroxylation is 2. The van der Waals surface area contributed by atoms with Gasteiger partial charge in [-0.25, -0.2) is 14.6 Å². The summed E-state index contributed by atoms with van der Waals surface area (Å²) >= 11 is 0. The van der Waals surface area contributed by atoms with Gasteiger partial charge in [-0.15, -0.1) is 0 Å². The van der Waals surface area contributed by atoms with Crippen LogP contribution in [0, 0.1) is 13.8 Å². The number of nitrogens with zero attached hydrogens (tertiary/aromatic N) is 2. The van der Waals surface area contributed by atoms with Crippen LogP contribution in [0.1, 0.15) is 23.9 Å². The van der Waals surface area contributed by atoms with Crippen molar-refractivity contribution in [3.63, 3.8) is 0 Å². The maximum atomic E-state index is 11.9. The first-order valence-electron chi connectivity index (χ1n) is 9.65. The van der Waals surface area contributed by atoms with Crippen LogP contribution in [0.2, 0.25) is 0 Å². The number of benzene rings is 1. The largest absolute Gasteiger partial charge is 0.453 e. The van der Waals surface area contributed by atoms with E-state index in [9.17, 15) is 9.59 Å². The molecule has 0 saturated carbocycles. The fourth-order valence-corrected chi connectivity index (χ4v) is 3.32. The fraction of sp³-hybridized carbons (Fsp3) is 0.273. The Labute approximate surface area is 175 Å². The molecule has 0 fully saturated rings. The highest BCUT2D eigenvalue weighted by Gasteiger charge is 2.13. The number of amides is 3. The highest BCUT2D eigenvalue weighted by Crippen LogP contribution is 2.32. The summed E-state index contributed by atoms with van der Waals surface area (Å²) in [4.78, 5) is 32.3. The smallest absolute Gasteiger partial charge is 0.407 e. The number of hydrogen-bond acceptors (Lipinski definition) is 5. The van der Waals surface area contributed by atoms with E-state index in [1.165, 1.54) is 7.11 Å². The third-order valence-corrected chi connectivity index (χ3v) is 4.57. The summed E-state index contributed by atoms with van der Waals surface area (Å²) in [7, 11) is 1.32. The van der Waals surface area contributed by atoms with Crippen molar-refractivity contribution in [2.24, 2.45) is 0 Å². The molecule has 3 rings (SSSR count). The van der Waals surface area contributed by atoms with Crippen LogP contribution in [-0.2, 0) is 11.3 Å². The van der Waals surface area contributed by atoms with Crippen LogP contribution >= 0.6 is 0 Å². The Hall–Kier alpha value is -3.68. The SMILES string of the molecule is CCNC(=O)Nc1cc2c(-c3cc(C)nc(C)c3)ccc(CNC(=O)OC)c2cn1. The van der Waals surface area contributed by atoms with Gasteiger partial charge in [0.25, 0.3) is 0 Å². The van der Waals surface area contributed by atoms with Crippen molar-refractivity contribution in [3.8, 4) is 11.1 Å². The van der Waals surface area contributed by atoms with E-state index in [2.05, 4.69) is 30.7 Å². The van der Waals surface area contributed by atoms with Gasteiger partial charge in [0.2, 0.25) is 0 Å². The number of fused-ring (bicyclic) bond motifs is 1. The topological polar surface area (TPSA) is 105 Å². The monoisotopic (exact) mass is 407 g/mol. The molecule has 1 aromatic carbocycles. The first kappa shape index (κ1) is 21.0. The molecule has 8 heteroatoms. The van der Waals surface area contributed by atoms with E-state index in [0.29, 0.717) is 18.9 Å². The molecule has 0 aliphatic heterocycles. The minimum atomic E-state index is -0.505. The Morgan fingerprint density at radius 2 is 1.77 bits per heavy atom. The predicted octanol–water partition coefficient (Wildman–Crippen LogP) is 3.91. The van der Waals surface area contributed by atoms with Crippen molar-refractivity contribution in [3.05, 3.63) is 53.5 Å². The molecule has 0 radical (unpaired) electrons. The van der Waals surface area contributed by atoms with Gasteiger partial charge in [-0.3, -0.25) is 10.3 Å². The lowest BCUT2D eigenvalue weighted by molar-refractivity contribution is 0.170. The van der Waals surface area contributed by atoms with Gasteiger partial charge in [0, 0.05) is 36.1 Å². The van der Waals surface area contributed by atoms with E-state index in [0.717, 1.165) is 38.9 Å². The number of carbonyl (C=O) groups excluding carboxylic acids is 2. The summed E-state index contributed by atoms with van der Waals surface area (Å²) in [6.07, 6.45) is 1.20. The molecule has 3 N–H and O–H groups in total. The Balaban J connectivity index is 2.11. The minimum absolute atomic E-state index is 0.294. The lowest BCUT2D eigenvalue weighted by atomic mass is 9.95.